The molecule has 0 aliphatic rings. The Hall–Kier alpha value is -0.870. The summed E-state index contributed by atoms with van der Waals surface area (Å²) in [5, 5.41) is 0. The predicted molar refractivity (Wildman–Crippen MR) is 68.8 cm³/mol. The van der Waals surface area contributed by atoms with Gasteiger partial charge in [0.2, 0.25) is 0 Å². The predicted octanol–water partition coefficient (Wildman–Crippen LogP) is 4.03. The lowest BCUT2D eigenvalue weighted by atomic mass is 10.3. The van der Waals surface area contributed by atoms with Gasteiger partial charge in [0.15, 0.2) is 4.34 Å². The number of fused-ring (bicyclic) bond motifs is 1. The Morgan fingerprint density at radius 3 is 2.93 bits per heavy atom. The smallest absolute Gasteiger partial charge is 0.173 e. The highest BCUT2D eigenvalue weighted by Gasteiger charge is 2.02. The summed E-state index contributed by atoms with van der Waals surface area (Å²) in [7, 11) is 0. The fourth-order valence-electron chi connectivity index (χ4n) is 1.09. The van der Waals surface area contributed by atoms with Crippen LogP contribution in [0.2, 0.25) is 0 Å². The Morgan fingerprint density at radius 1 is 1.40 bits per heavy atom. The van der Waals surface area contributed by atoms with Crippen LogP contribution in [-0.4, -0.2) is 11.2 Å². The van der Waals surface area contributed by atoms with Crippen LogP contribution in [0, 0.1) is 5.92 Å². The summed E-state index contributed by atoms with van der Waals surface area (Å²) in [4.78, 5) is 4.48. The molecule has 0 saturated carbocycles. The lowest BCUT2D eigenvalue weighted by Crippen LogP contribution is -1.84. The summed E-state index contributed by atoms with van der Waals surface area (Å²) < 4.78 is 6.51. The fourth-order valence-corrected chi connectivity index (χ4v) is 2.87. The summed E-state index contributed by atoms with van der Waals surface area (Å²) in [5.41, 5.74) is 1.06. The minimum absolute atomic E-state index is 0.492. The molecule has 0 bridgehead atoms. The largest absolute Gasteiger partial charge is 0.228 e. The van der Waals surface area contributed by atoms with E-state index in [1.54, 1.807) is 11.3 Å². The van der Waals surface area contributed by atoms with E-state index >= 15 is 0 Å². The molecule has 0 radical (unpaired) electrons. The number of benzene rings is 1. The van der Waals surface area contributed by atoms with Crippen molar-refractivity contribution >= 4 is 39.7 Å². The molecule has 2 nitrogen and oxygen atoms in total. The molecule has 1 heterocycles. The second-order valence-corrected chi connectivity index (χ2v) is 5.61. The van der Waals surface area contributed by atoms with E-state index in [0.717, 1.165) is 9.86 Å². The molecule has 0 saturated heterocycles. The first-order valence-corrected chi connectivity index (χ1v) is 6.41. The van der Waals surface area contributed by atoms with Gasteiger partial charge in [0.05, 0.1) is 10.2 Å². The minimum Gasteiger partial charge on any atom is -0.228 e. The highest BCUT2D eigenvalue weighted by atomic mass is 32.2. The number of hydrogen-bond donors (Lipinski definition) is 0. The van der Waals surface area contributed by atoms with E-state index in [-0.39, 0.29) is 0 Å². The van der Waals surface area contributed by atoms with Crippen LogP contribution in [0.3, 0.4) is 0 Å². The maximum Gasteiger partial charge on any atom is 0.173 e. The van der Waals surface area contributed by atoms with Gasteiger partial charge in [0.25, 0.3) is 0 Å². The zero-order valence-electron chi connectivity index (χ0n) is 8.68. The number of para-hydroxylation sites is 1. The number of rotatable bonds is 3. The van der Waals surface area contributed by atoms with Gasteiger partial charge in [-0.05, 0) is 18.1 Å². The van der Waals surface area contributed by atoms with E-state index < -0.39 is 0 Å². The van der Waals surface area contributed by atoms with Crippen LogP contribution < -0.4 is 0 Å². The van der Waals surface area contributed by atoms with Gasteiger partial charge >= 0.3 is 0 Å². The molecule has 0 amide bonds. The maximum absolute atomic E-state index is 4.48. The monoisotopic (exact) mass is 236 g/mol. The quantitative estimate of drug-likeness (QED) is 0.594. The highest BCUT2D eigenvalue weighted by Crippen LogP contribution is 2.29. The Kier molecular flexibility index (Phi) is 3.38. The molecule has 0 aliphatic heterocycles. The molecular weight excluding hydrogens is 224 g/mol. The molecule has 78 valence electrons. The summed E-state index contributed by atoms with van der Waals surface area (Å²) in [6, 6.07) is 8.16. The van der Waals surface area contributed by atoms with Crippen molar-refractivity contribution in [3.8, 4) is 0 Å². The topological polar surface area (TPSA) is 25.2 Å². The number of hydrogen-bond acceptors (Lipinski definition) is 4. The lowest BCUT2D eigenvalue weighted by Gasteiger charge is -1.90. The summed E-state index contributed by atoms with van der Waals surface area (Å²) in [6.45, 7) is 4.23. The van der Waals surface area contributed by atoms with Crippen molar-refractivity contribution in [1.82, 2.24) is 4.98 Å². The molecule has 1 aromatic carbocycles. The van der Waals surface area contributed by atoms with Crippen molar-refractivity contribution in [2.24, 2.45) is 10.3 Å². The molecular formula is C11H12N2S2. The highest BCUT2D eigenvalue weighted by molar-refractivity contribution is 8.00. The van der Waals surface area contributed by atoms with Crippen molar-refractivity contribution < 1.29 is 0 Å². The van der Waals surface area contributed by atoms with E-state index in [0.29, 0.717) is 5.92 Å². The number of nitrogens with zero attached hydrogens (tertiary/aromatic N) is 2. The van der Waals surface area contributed by atoms with Crippen LogP contribution in [-0.2, 0) is 0 Å². The molecule has 0 aliphatic carbocycles. The first-order valence-electron chi connectivity index (χ1n) is 4.82. The minimum atomic E-state index is 0.492. The van der Waals surface area contributed by atoms with Crippen LogP contribution in [0.5, 0.6) is 0 Å². The normalized spacial score (nSPS) is 11.9. The van der Waals surface area contributed by atoms with Gasteiger partial charge in [-0.2, -0.15) is 0 Å². The first-order chi connectivity index (χ1) is 7.25. The SMILES string of the molecule is CC(C)C=NSc1nc2ccccc2s1. The molecule has 0 spiro atoms. The van der Waals surface area contributed by atoms with Crippen LogP contribution in [0.25, 0.3) is 10.2 Å². The van der Waals surface area contributed by atoms with Gasteiger partial charge in [0, 0.05) is 18.2 Å². The average molecular weight is 236 g/mol. The van der Waals surface area contributed by atoms with Gasteiger partial charge in [-0.15, -0.1) is 11.3 Å². The van der Waals surface area contributed by atoms with Gasteiger partial charge in [-0.25, -0.2) is 9.38 Å². The zero-order chi connectivity index (χ0) is 10.7. The standard InChI is InChI=1S/C11H12N2S2/c1-8(2)7-12-15-11-13-9-5-3-4-6-10(9)14-11/h3-8H,1-2H3. The van der Waals surface area contributed by atoms with Crippen LogP contribution in [0.4, 0.5) is 0 Å². The van der Waals surface area contributed by atoms with E-state index in [1.165, 1.54) is 16.6 Å². The van der Waals surface area contributed by atoms with Crippen molar-refractivity contribution in [3.05, 3.63) is 24.3 Å². The molecule has 0 N–H and O–H groups in total. The van der Waals surface area contributed by atoms with Crippen LogP contribution >= 0.6 is 23.3 Å². The van der Waals surface area contributed by atoms with Crippen LogP contribution in [0.1, 0.15) is 13.8 Å². The Balaban J connectivity index is 2.15. The van der Waals surface area contributed by atoms with Gasteiger partial charge in [-0.3, -0.25) is 0 Å². The molecule has 4 heteroatoms. The third-order valence-electron chi connectivity index (χ3n) is 1.76. The fraction of sp³-hybridized carbons (Fsp3) is 0.273. The molecule has 2 rings (SSSR count). The van der Waals surface area contributed by atoms with Gasteiger partial charge in [0.1, 0.15) is 0 Å². The van der Waals surface area contributed by atoms with E-state index in [2.05, 4.69) is 29.3 Å². The van der Waals surface area contributed by atoms with E-state index in [9.17, 15) is 0 Å². The molecule has 1 aromatic heterocycles. The summed E-state index contributed by atoms with van der Waals surface area (Å²) >= 11 is 3.14. The van der Waals surface area contributed by atoms with Crippen molar-refractivity contribution in [1.29, 1.82) is 0 Å². The number of thiazole rings is 1. The third-order valence-corrected chi connectivity index (χ3v) is 3.54. The van der Waals surface area contributed by atoms with Gasteiger partial charge < -0.3 is 0 Å². The second-order valence-electron chi connectivity index (χ2n) is 3.54. The van der Waals surface area contributed by atoms with Crippen LogP contribution in [0.15, 0.2) is 33.0 Å². The van der Waals surface area contributed by atoms with Crippen molar-refractivity contribution in [2.75, 3.05) is 0 Å². The molecule has 0 fully saturated rings. The third kappa shape index (κ3) is 2.79. The van der Waals surface area contributed by atoms with E-state index in [4.69, 9.17) is 0 Å². The molecule has 15 heavy (non-hydrogen) atoms. The lowest BCUT2D eigenvalue weighted by molar-refractivity contribution is 0.910. The first kappa shape index (κ1) is 10.6. The number of aromatic nitrogens is 1. The zero-order valence-corrected chi connectivity index (χ0v) is 10.3. The molecule has 0 atom stereocenters. The average Bonchev–Trinajstić information content (AvgIpc) is 2.59. The van der Waals surface area contributed by atoms with Crippen molar-refractivity contribution in [3.63, 3.8) is 0 Å². The summed E-state index contributed by atoms with van der Waals surface area (Å²) in [6.07, 6.45) is 1.94. The van der Waals surface area contributed by atoms with Gasteiger partial charge in [-0.1, -0.05) is 26.0 Å². The van der Waals surface area contributed by atoms with E-state index in [1.807, 2.05) is 24.4 Å². The Bertz CT molecular complexity index is 441. The second kappa shape index (κ2) is 4.77. The Morgan fingerprint density at radius 2 is 2.20 bits per heavy atom. The Labute approximate surface area is 97.6 Å². The molecule has 0 unspecified atom stereocenters. The summed E-state index contributed by atoms with van der Waals surface area (Å²) in [5.74, 6) is 0.492. The van der Waals surface area contributed by atoms with Crippen molar-refractivity contribution in [2.45, 2.75) is 18.2 Å². The molecule has 2 aromatic rings. The maximum atomic E-state index is 4.48.